The number of carbonyl (C=O) groups excluding carboxylic acids is 4. The minimum atomic E-state index is -1.41. The molecule has 0 radical (unpaired) electrons. The van der Waals surface area contributed by atoms with Gasteiger partial charge in [0.1, 0.15) is 36.8 Å². The van der Waals surface area contributed by atoms with Gasteiger partial charge in [-0.2, -0.15) is 0 Å². The van der Waals surface area contributed by atoms with Crippen molar-refractivity contribution < 1.29 is 52.0 Å². The van der Waals surface area contributed by atoms with Crippen LogP contribution in [0.5, 0.6) is 11.5 Å². The molecule has 4 rings (SSSR count). The third-order valence-corrected chi connectivity index (χ3v) is 6.84. The van der Waals surface area contributed by atoms with Gasteiger partial charge in [0.2, 0.25) is 11.9 Å². The number of esters is 3. The van der Waals surface area contributed by atoms with Crippen LogP contribution in [0, 0.1) is 6.92 Å². The Hall–Kier alpha value is -5.79. The summed E-state index contributed by atoms with van der Waals surface area (Å²) in [6.45, 7) is 1.48. The highest BCUT2D eigenvalue weighted by Crippen LogP contribution is 2.32. The number of aromatic nitrogens is 1. The number of amides is 1. The van der Waals surface area contributed by atoms with Crippen molar-refractivity contribution >= 4 is 40.8 Å². The predicted molar refractivity (Wildman–Crippen MR) is 168 cm³/mol. The summed E-state index contributed by atoms with van der Waals surface area (Å²) < 4.78 is 37.2. The molecule has 0 bridgehead atoms. The van der Waals surface area contributed by atoms with Crippen molar-refractivity contribution in [2.24, 2.45) is 0 Å². The van der Waals surface area contributed by atoms with Crippen LogP contribution in [0.4, 0.5) is 10.5 Å². The van der Waals surface area contributed by atoms with Gasteiger partial charge in [-0.3, -0.25) is 9.69 Å². The van der Waals surface area contributed by atoms with Crippen molar-refractivity contribution in [3.8, 4) is 23.0 Å². The standard InChI is InChI=1S/C33H35N3O11/c1-20-11-12-23(34-29(31(38)42-3)32(39)43-4)26(15-20)46-14-13-45-25-17-24-27(47-30(35-24)21-9-7-6-8-10-21)16-22(25)18-36(33(40)44-5)19-28(37)41-2/h6-12,15-17,29,34H,13-14,18-19H2,1-5H3. The Bertz CT molecular complexity index is 1710. The quantitative estimate of drug-likeness (QED) is 0.0898. The number of fused-ring (bicyclic) bond motifs is 1. The molecule has 0 aliphatic carbocycles. The third-order valence-electron chi connectivity index (χ3n) is 6.84. The van der Waals surface area contributed by atoms with Crippen molar-refractivity contribution in [1.29, 1.82) is 0 Å². The number of aryl methyl sites for hydroxylation is 1. The molecule has 4 aromatic rings. The van der Waals surface area contributed by atoms with Gasteiger partial charge >= 0.3 is 24.0 Å². The van der Waals surface area contributed by atoms with Crippen molar-refractivity contribution in [2.75, 3.05) is 53.5 Å². The third kappa shape index (κ3) is 8.69. The topological polar surface area (TPSA) is 165 Å². The zero-order valence-corrected chi connectivity index (χ0v) is 26.6. The molecule has 0 aliphatic heterocycles. The lowest BCUT2D eigenvalue weighted by molar-refractivity contribution is -0.152. The number of anilines is 1. The van der Waals surface area contributed by atoms with E-state index in [2.05, 4.69) is 10.3 Å². The Kier molecular flexibility index (Phi) is 11.6. The van der Waals surface area contributed by atoms with Crippen molar-refractivity contribution in [3.05, 3.63) is 71.8 Å². The molecule has 248 valence electrons. The summed E-state index contributed by atoms with van der Waals surface area (Å²) in [5, 5.41) is 2.82. The maximum atomic E-state index is 12.5. The first kappa shape index (κ1) is 34.1. The highest BCUT2D eigenvalue weighted by molar-refractivity contribution is 6.02. The van der Waals surface area contributed by atoms with Crippen LogP contribution >= 0.6 is 0 Å². The molecule has 0 aliphatic rings. The van der Waals surface area contributed by atoms with Gasteiger partial charge in [0.15, 0.2) is 5.58 Å². The highest BCUT2D eigenvalue weighted by Gasteiger charge is 2.29. The van der Waals surface area contributed by atoms with Gasteiger partial charge in [-0.25, -0.2) is 19.4 Å². The monoisotopic (exact) mass is 649 g/mol. The molecule has 14 heteroatoms. The predicted octanol–water partition coefficient (Wildman–Crippen LogP) is 4.13. The van der Waals surface area contributed by atoms with Gasteiger partial charge in [0, 0.05) is 17.2 Å². The van der Waals surface area contributed by atoms with Crippen LogP contribution in [0.1, 0.15) is 11.1 Å². The van der Waals surface area contributed by atoms with E-state index < -0.39 is 30.0 Å². The molecule has 14 nitrogen and oxygen atoms in total. The first-order chi connectivity index (χ1) is 22.7. The van der Waals surface area contributed by atoms with Gasteiger partial charge in [0.05, 0.1) is 40.7 Å². The van der Waals surface area contributed by atoms with E-state index in [0.29, 0.717) is 39.7 Å². The summed E-state index contributed by atoms with van der Waals surface area (Å²) in [6.07, 6.45) is -0.746. The average Bonchev–Trinajstić information content (AvgIpc) is 3.51. The number of benzene rings is 3. The molecular formula is C33H35N3O11. The summed E-state index contributed by atoms with van der Waals surface area (Å²) >= 11 is 0. The van der Waals surface area contributed by atoms with E-state index in [1.807, 2.05) is 37.3 Å². The summed E-state index contributed by atoms with van der Waals surface area (Å²) in [5.74, 6) is -1.20. The smallest absolute Gasteiger partial charge is 0.410 e. The van der Waals surface area contributed by atoms with E-state index in [1.54, 1.807) is 30.3 Å². The van der Waals surface area contributed by atoms with Gasteiger partial charge in [-0.1, -0.05) is 24.3 Å². The van der Waals surface area contributed by atoms with Crippen LogP contribution in [-0.4, -0.2) is 88.1 Å². The molecule has 1 amide bonds. The van der Waals surface area contributed by atoms with E-state index in [4.69, 9.17) is 32.8 Å². The van der Waals surface area contributed by atoms with E-state index >= 15 is 0 Å². The first-order valence-corrected chi connectivity index (χ1v) is 14.3. The van der Waals surface area contributed by atoms with Gasteiger partial charge in [-0.05, 0) is 42.8 Å². The van der Waals surface area contributed by atoms with Crippen LogP contribution in [0.25, 0.3) is 22.6 Å². The Morgan fingerprint density at radius 1 is 0.830 bits per heavy atom. The van der Waals surface area contributed by atoms with Crippen LogP contribution in [0.15, 0.2) is 65.1 Å². The molecule has 3 aromatic carbocycles. The minimum absolute atomic E-state index is 0.0297. The zero-order chi connectivity index (χ0) is 33.9. The van der Waals surface area contributed by atoms with Crippen molar-refractivity contribution in [1.82, 2.24) is 9.88 Å². The lowest BCUT2D eigenvalue weighted by atomic mass is 10.1. The van der Waals surface area contributed by atoms with Crippen LogP contribution < -0.4 is 14.8 Å². The highest BCUT2D eigenvalue weighted by atomic mass is 16.6. The molecule has 0 fully saturated rings. The Morgan fingerprint density at radius 3 is 2.15 bits per heavy atom. The zero-order valence-electron chi connectivity index (χ0n) is 26.6. The Labute approximate surface area is 270 Å². The summed E-state index contributed by atoms with van der Waals surface area (Å²) in [4.78, 5) is 54.8. The number of rotatable bonds is 14. The molecule has 0 saturated carbocycles. The number of nitrogens with one attached hydrogen (secondary N) is 1. The van der Waals surface area contributed by atoms with Gasteiger partial charge < -0.3 is 38.2 Å². The largest absolute Gasteiger partial charge is 0.490 e. The summed E-state index contributed by atoms with van der Waals surface area (Å²) in [6, 6.07) is 16.5. The number of carbonyl (C=O) groups is 4. The maximum absolute atomic E-state index is 12.5. The molecule has 1 N–H and O–H groups in total. The maximum Gasteiger partial charge on any atom is 0.410 e. The van der Waals surface area contributed by atoms with Crippen molar-refractivity contribution in [3.63, 3.8) is 0 Å². The molecule has 0 spiro atoms. The summed E-state index contributed by atoms with van der Waals surface area (Å²) in [5.41, 5.74) is 3.42. The molecule has 0 unspecified atom stereocenters. The Balaban J connectivity index is 1.58. The van der Waals surface area contributed by atoms with Crippen LogP contribution in [0.3, 0.4) is 0 Å². The molecule has 47 heavy (non-hydrogen) atoms. The van der Waals surface area contributed by atoms with Crippen LogP contribution in [-0.2, 0) is 39.9 Å². The van der Waals surface area contributed by atoms with E-state index in [0.717, 1.165) is 30.2 Å². The second-order valence-corrected chi connectivity index (χ2v) is 10.0. The fourth-order valence-corrected chi connectivity index (χ4v) is 4.48. The number of methoxy groups -OCH3 is 4. The van der Waals surface area contributed by atoms with Gasteiger partial charge in [-0.15, -0.1) is 0 Å². The van der Waals surface area contributed by atoms with Crippen molar-refractivity contribution in [2.45, 2.75) is 19.5 Å². The molecule has 0 saturated heterocycles. The number of oxazole rings is 1. The summed E-state index contributed by atoms with van der Waals surface area (Å²) in [7, 11) is 4.76. The first-order valence-electron chi connectivity index (χ1n) is 14.3. The lowest BCUT2D eigenvalue weighted by Crippen LogP contribution is -2.39. The minimum Gasteiger partial charge on any atom is -0.490 e. The van der Waals surface area contributed by atoms with Gasteiger partial charge in [0.25, 0.3) is 0 Å². The lowest BCUT2D eigenvalue weighted by Gasteiger charge is -2.21. The number of nitrogens with zero attached hydrogens (tertiary/aromatic N) is 2. The van der Waals surface area contributed by atoms with E-state index in [9.17, 15) is 19.2 Å². The fourth-order valence-electron chi connectivity index (χ4n) is 4.48. The second kappa shape index (κ2) is 16.0. The van der Waals surface area contributed by atoms with E-state index in [-0.39, 0.29) is 26.3 Å². The molecule has 1 aromatic heterocycles. The SMILES string of the molecule is COC(=O)CN(Cc1cc2oc(-c3ccccc3)nc2cc1OCCOc1cc(C)ccc1NC(C(=O)OC)C(=O)OC)C(=O)OC. The fraction of sp³-hybridized carbons (Fsp3) is 0.303. The molecule has 1 heterocycles. The van der Waals surface area contributed by atoms with Crippen LogP contribution in [0.2, 0.25) is 0 Å². The second-order valence-electron chi connectivity index (χ2n) is 10.0. The molecular weight excluding hydrogens is 614 g/mol. The van der Waals surface area contributed by atoms with E-state index in [1.165, 1.54) is 14.2 Å². The number of hydrogen-bond acceptors (Lipinski definition) is 13. The average molecular weight is 650 g/mol. The normalized spacial score (nSPS) is 10.7. The molecule has 0 atom stereocenters. The number of ether oxygens (including phenoxy) is 6. The number of hydrogen-bond donors (Lipinski definition) is 1. The Morgan fingerprint density at radius 2 is 1.51 bits per heavy atom.